The number of halogens is 1. The van der Waals surface area contributed by atoms with E-state index in [1.807, 2.05) is 0 Å². The van der Waals surface area contributed by atoms with Gasteiger partial charge >= 0.3 is 0 Å². The fourth-order valence-electron chi connectivity index (χ4n) is 0.315. The lowest BCUT2D eigenvalue weighted by Crippen LogP contribution is -2.11. The van der Waals surface area contributed by atoms with Gasteiger partial charge < -0.3 is 5.32 Å². The minimum atomic E-state index is -0.662. The Labute approximate surface area is 57.7 Å². The van der Waals surface area contributed by atoms with Gasteiger partial charge in [0.2, 0.25) is 0 Å². The summed E-state index contributed by atoms with van der Waals surface area (Å²) in [6, 6.07) is 0. The Bertz CT molecular complexity index is 153. The van der Waals surface area contributed by atoms with Gasteiger partial charge in [0.05, 0.1) is 5.70 Å². The summed E-state index contributed by atoms with van der Waals surface area (Å²) >= 11 is 4.99. The zero-order valence-electron chi connectivity index (χ0n) is 4.85. The van der Waals surface area contributed by atoms with Crippen LogP contribution >= 0.6 is 11.6 Å². The smallest absolute Gasteiger partial charge is 0.268 e. The largest absolute Gasteiger partial charge is 0.384 e. The van der Waals surface area contributed by atoms with E-state index in [1.165, 1.54) is 7.05 Å². The highest BCUT2D eigenvalue weighted by atomic mass is 35.5. The van der Waals surface area contributed by atoms with Crippen LogP contribution in [0.15, 0.2) is 11.8 Å². The van der Waals surface area contributed by atoms with Crippen LogP contribution in [-0.2, 0) is 9.59 Å². The summed E-state index contributed by atoms with van der Waals surface area (Å²) in [7, 11) is 1.51. The maximum atomic E-state index is 10.2. The first kappa shape index (κ1) is 8.17. The molecule has 0 aromatic heterocycles. The van der Waals surface area contributed by atoms with E-state index in [1.54, 1.807) is 0 Å². The average molecular weight is 148 g/mol. The van der Waals surface area contributed by atoms with Crippen molar-refractivity contribution in [2.75, 3.05) is 7.05 Å². The quantitative estimate of drug-likeness (QED) is 0.349. The van der Waals surface area contributed by atoms with Crippen LogP contribution < -0.4 is 5.32 Å². The van der Waals surface area contributed by atoms with Crippen LogP contribution in [0.1, 0.15) is 0 Å². The van der Waals surface area contributed by atoms with E-state index in [-0.39, 0.29) is 5.70 Å². The fourth-order valence-corrected chi connectivity index (χ4v) is 0.473. The van der Waals surface area contributed by atoms with Crippen LogP contribution in [0.25, 0.3) is 0 Å². The molecule has 0 atom stereocenters. The summed E-state index contributed by atoms with van der Waals surface area (Å²) < 4.78 is 0. The Hall–Kier alpha value is -0.830. The van der Waals surface area contributed by atoms with Gasteiger partial charge in [0, 0.05) is 13.1 Å². The Morgan fingerprint density at radius 2 is 2.22 bits per heavy atom. The van der Waals surface area contributed by atoms with Crippen molar-refractivity contribution in [1.29, 1.82) is 0 Å². The second-order valence-corrected chi connectivity index (χ2v) is 1.58. The molecule has 0 bridgehead atoms. The van der Waals surface area contributed by atoms with E-state index < -0.39 is 5.24 Å². The highest BCUT2D eigenvalue weighted by molar-refractivity contribution is 6.67. The minimum absolute atomic E-state index is 0.103. The van der Waals surface area contributed by atoms with Crippen LogP contribution in [0, 0.1) is 0 Å². The number of likely N-dealkylation sites (N-methyl/N-ethyl adjacent to an activating group) is 1. The second-order valence-electron chi connectivity index (χ2n) is 1.24. The zero-order valence-corrected chi connectivity index (χ0v) is 5.61. The average Bonchev–Trinajstić information content (AvgIpc) is 1.82. The van der Waals surface area contributed by atoms with Crippen LogP contribution in [0.3, 0.4) is 0 Å². The maximum Gasteiger partial charge on any atom is 0.268 e. The topological polar surface area (TPSA) is 46.2 Å². The molecule has 0 unspecified atom stereocenters. The third kappa shape index (κ3) is 2.87. The van der Waals surface area contributed by atoms with Gasteiger partial charge in [-0.1, -0.05) is 0 Å². The summed E-state index contributed by atoms with van der Waals surface area (Å²) in [4.78, 5) is 20.0. The van der Waals surface area contributed by atoms with Crippen molar-refractivity contribution in [3.05, 3.63) is 11.8 Å². The standard InChI is InChI=1S/C5H6ClNO2/c1-7-4(2-3-8)5(6)9/h2-3,7H,1H3/b4-2-. The first-order valence-electron chi connectivity index (χ1n) is 2.25. The maximum absolute atomic E-state index is 10.2. The zero-order chi connectivity index (χ0) is 7.28. The molecular weight excluding hydrogens is 142 g/mol. The fraction of sp³-hybridized carbons (Fsp3) is 0.200. The van der Waals surface area contributed by atoms with Crippen LogP contribution in [0.2, 0.25) is 0 Å². The van der Waals surface area contributed by atoms with Crippen molar-refractivity contribution in [3.8, 4) is 0 Å². The van der Waals surface area contributed by atoms with Crippen molar-refractivity contribution >= 4 is 23.1 Å². The first-order valence-corrected chi connectivity index (χ1v) is 2.63. The SMILES string of the molecule is CN/C(=C\C=O)C(=O)Cl. The summed E-state index contributed by atoms with van der Waals surface area (Å²) in [5.41, 5.74) is 0.103. The molecule has 3 nitrogen and oxygen atoms in total. The predicted molar refractivity (Wildman–Crippen MR) is 34.1 cm³/mol. The van der Waals surface area contributed by atoms with Gasteiger partial charge in [-0.05, 0) is 11.6 Å². The molecule has 0 aliphatic heterocycles. The third-order valence-corrected chi connectivity index (χ3v) is 0.919. The van der Waals surface area contributed by atoms with E-state index in [9.17, 15) is 9.59 Å². The first-order chi connectivity index (χ1) is 4.22. The summed E-state index contributed by atoms with van der Waals surface area (Å²) in [6.07, 6.45) is 1.56. The summed E-state index contributed by atoms with van der Waals surface area (Å²) in [5, 5.41) is 1.79. The Kier molecular flexibility index (Phi) is 3.71. The molecule has 0 aromatic carbocycles. The van der Waals surface area contributed by atoms with Gasteiger partial charge in [0.25, 0.3) is 5.24 Å². The highest BCUT2D eigenvalue weighted by Crippen LogP contribution is 1.91. The van der Waals surface area contributed by atoms with E-state index >= 15 is 0 Å². The second kappa shape index (κ2) is 4.09. The summed E-state index contributed by atoms with van der Waals surface area (Å²) in [5.74, 6) is 0. The van der Waals surface area contributed by atoms with Crippen molar-refractivity contribution in [2.24, 2.45) is 0 Å². The molecule has 0 radical (unpaired) electrons. The molecule has 0 aliphatic rings. The van der Waals surface area contributed by atoms with Gasteiger partial charge in [-0.25, -0.2) is 0 Å². The highest BCUT2D eigenvalue weighted by Gasteiger charge is 1.99. The number of aldehydes is 1. The molecular formula is C5H6ClNO2. The third-order valence-electron chi connectivity index (χ3n) is 0.716. The van der Waals surface area contributed by atoms with Crippen LogP contribution in [0.5, 0.6) is 0 Å². The lowest BCUT2D eigenvalue weighted by atomic mass is 10.4. The lowest BCUT2D eigenvalue weighted by Gasteiger charge is -1.94. The molecule has 0 rings (SSSR count). The predicted octanol–water partition coefficient (Wildman–Crippen LogP) is 0.0540. The van der Waals surface area contributed by atoms with Crippen LogP contribution in [0.4, 0.5) is 0 Å². The van der Waals surface area contributed by atoms with Gasteiger partial charge in [-0.2, -0.15) is 0 Å². The molecule has 0 saturated carbocycles. The molecule has 0 aromatic rings. The Balaban J connectivity index is 4.14. The number of allylic oxidation sites excluding steroid dienone is 2. The molecule has 0 saturated heterocycles. The molecule has 0 amide bonds. The summed E-state index contributed by atoms with van der Waals surface area (Å²) in [6.45, 7) is 0. The van der Waals surface area contributed by atoms with E-state index in [0.717, 1.165) is 6.08 Å². The van der Waals surface area contributed by atoms with Crippen molar-refractivity contribution in [2.45, 2.75) is 0 Å². The lowest BCUT2D eigenvalue weighted by molar-refractivity contribution is -0.109. The molecule has 9 heavy (non-hydrogen) atoms. The molecule has 1 N–H and O–H groups in total. The van der Waals surface area contributed by atoms with E-state index in [4.69, 9.17) is 11.6 Å². The number of hydrogen-bond donors (Lipinski definition) is 1. The van der Waals surface area contributed by atoms with Gasteiger partial charge in [0.15, 0.2) is 0 Å². The normalized spacial score (nSPS) is 10.7. The van der Waals surface area contributed by atoms with E-state index in [0.29, 0.717) is 6.29 Å². The molecule has 0 spiro atoms. The number of hydrogen-bond acceptors (Lipinski definition) is 3. The number of carbonyl (C=O) groups excluding carboxylic acids is 2. The Morgan fingerprint density at radius 1 is 1.67 bits per heavy atom. The van der Waals surface area contributed by atoms with Crippen molar-refractivity contribution in [3.63, 3.8) is 0 Å². The van der Waals surface area contributed by atoms with E-state index in [2.05, 4.69) is 5.32 Å². The van der Waals surface area contributed by atoms with Crippen molar-refractivity contribution in [1.82, 2.24) is 5.32 Å². The Morgan fingerprint density at radius 3 is 2.33 bits per heavy atom. The van der Waals surface area contributed by atoms with Gasteiger partial charge in [0.1, 0.15) is 6.29 Å². The van der Waals surface area contributed by atoms with Crippen molar-refractivity contribution < 1.29 is 9.59 Å². The number of nitrogens with one attached hydrogen (secondary N) is 1. The van der Waals surface area contributed by atoms with Gasteiger partial charge in [-0.3, -0.25) is 9.59 Å². The number of rotatable bonds is 3. The minimum Gasteiger partial charge on any atom is -0.384 e. The molecule has 50 valence electrons. The molecule has 4 heteroatoms. The van der Waals surface area contributed by atoms with Gasteiger partial charge in [-0.15, -0.1) is 0 Å². The molecule has 0 aliphatic carbocycles. The molecule has 0 heterocycles. The molecule has 0 fully saturated rings. The monoisotopic (exact) mass is 147 g/mol. The number of carbonyl (C=O) groups is 2. The van der Waals surface area contributed by atoms with Crippen LogP contribution in [-0.4, -0.2) is 18.6 Å².